The fraction of sp³-hybridized carbons (Fsp3) is 0.750. The number of carbonyl (C=O) groups excluding carboxylic acids is 1. The third-order valence-corrected chi connectivity index (χ3v) is 3.97. The van der Waals surface area contributed by atoms with Crippen LogP contribution in [0.3, 0.4) is 0 Å². The Bertz CT molecular complexity index is 352. The summed E-state index contributed by atoms with van der Waals surface area (Å²) in [6.07, 6.45) is 10.5. The molecule has 114 valence electrons. The zero-order valence-corrected chi connectivity index (χ0v) is 12.6. The van der Waals surface area contributed by atoms with Crippen molar-refractivity contribution in [1.29, 1.82) is 0 Å². The molecule has 0 radical (unpaired) electrons. The molecule has 0 heterocycles. The highest BCUT2D eigenvalue weighted by Crippen LogP contribution is 2.26. The van der Waals surface area contributed by atoms with E-state index in [-0.39, 0.29) is 11.9 Å². The maximum absolute atomic E-state index is 12.2. The van der Waals surface area contributed by atoms with Gasteiger partial charge in [-0.1, -0.05) is 44.8 Å². The van der Waals surface area contributed by atoms with Gasteiger partial charge in [0.15, 0.2) is 0 Å². The van der Waals surface area contributed by atoms with Gasteiger partial charge in [-0.25, -0.2) is 0 Å². The van der Waals surface area contributed by atoms with Crippen LogP contribution in [-0.2, 0) is 9.59 Å². The Morgan fingerprint density at radius 3 is 2.45 bits per heavy atom. The molecular formula is C16H27NO3. The number of carboxylic acid groups (broad SMARTS) is 1. The Labute approximate surface area is 121 Å². The van der Waals surface area contributed by atoms with Crippen LogP contribution in [0.2, 0.25) is 0 Å². The third-order valence-electron chi connectivity index (χ3n) is 3.97. The largest absolute Gasteiger partial charge is 0.481 e. The van der Waals surface area contributed by atoms with E-state index in [9.17, 15) is 14.7 Å². The molecule has 0 aromatic carbocycles. The van der Waals surface area contributed by atoms with Gasteiger partial charge in [-0.2, -0.15) is 0 Å². The number of unbranched alkanes of at least 4 members (excludes halogenated alkanes) is 3. The molecule has 1 unspecified atom stereocenters. The van der Waals surface area contributed by atoms with E-state index < -0.39 is 17.8 Å². The van der Waals surface area contributed by atoms with Crippen molar-refractivity contribution in [3.8, 4) is 0 Å². The van der Waals surface area contributed by atoms with E-state index in [1.807, 2.05) is 19.1 Å². The molecule has 0 aromatic rings. The summed E-state index contributed by atoms with van der Waals surface area (Å²) in [5.74, 6) is -1.97. The lowest BCUT2D eigenvalue weighted by atomic mass is 9.82. The number of aliphatic carboxylic acids is 1. The normalized spacial score (nSPS) is 23.3. The van der Waals surface area contributed by atoms with E-state index in [1.165, 1.54) is 19.3 Å². The maximum atomic E-state index is 12.2. The maximum Gasteiger partial charge on any atom is 0.307 e. The molecule has 0 aliphatic heterocycles. The second-order valence-corrected chi connectivity index (χ2v) is 5.75. The Morgan fingerprint density at radius 1 is 1.20 bits per heavy atom. The van der Waals surface area contributed by atoms with Gasteiger partial charge in [0, 0.05) is 6.04 Å². The molecule has 0 saturated carbocycles. The van der Waals surface area contributed by atoms with Gasteiger partial charge in [0.2, 0.25) is 5.91 Å². The topological polar surface area (TPSA) is 66.4 Å². The van der Waals surface area contributed by atoms with Gasteiger partial charge in [0.1, 0.15) is 0 Å². The minimum atomic E-state index is -0.870. The van der Waals surface area contributed by atoms with Crippen LogP contribution in [0, 0.1) is 11.8 Å². The lowest BCUT2D eigenvalue weighted by Crippen LogP contribution is -2.42. The molecule has 0 saturated heterocycles. The average molecular weight is 281 g/mol. The summed E-state index contributed by atoms with van der Waals surface area (Å²) in [6, 6.07) is 0.125. The van der Waals surface area contributed by atoms with E-state index >= 15 is 0 Å². The first-order chi connectivity index (χ1) is 9.56. The first-order valence-corrected chi connectivity index (χ1v) is 7.74. The SMILES string of the molecule is CCCCCCC(C)NC(=O)[C@@H]1CC=CC[C@@H]1C(=O)O. The summed E-state index contributed by atoms with van der Waals surface area (Å²) in [4.78, 5) is 23.4. The average Bonchev–Trinajstić information content (AvgIpc) is 2.43. The fourth-order valence-corrected chi connectivity index (χ4v) is 2.68. The van der Waals surface area contributed by atoms with Crippen LogP contribution in [0.25, 0.3) is 0 Å². The number of carbonyl (C=O) groups is 2. The number of allylic oxidation sites excluding steroid dienone is 2. The van der Waals surface area contributed by atoms with Crippen molar-refractivity contribution >= 4 is 11.9 Å². The van der Waals surface area contributed by atoms with Gasteiger partial charge in [0.25, 0.3) is 0 Å². The zero-order valence-electron chi connectivity index (χ0n) is 12.6. The van der Waals surface area contributed by atoms with Gasteiger partial charge >= 0.3 is 5.97 Å². The third kappa shape index (κ3) is 5.35. The number of rotatable bonds is 8. The highest BCUT2D eigenvalue weighted by molar-refractivity contribution is 5.85. The smallest absolute Gasteiger partial charge is 0.307 e. The van der Waals surface area contributed by atoms with Crippen LogP contribution in [0.5, 0.6) is 0 Å². The summed E-state index contributed by atoms with van der Waals surface area (Å²) in [6.45, 7) is 4.17. The van der Waals surface area contributed by atoms with Gasteiger partial charge in [0.05, 0.1) is 11.8 Å². The molecule has 4 heteroatoms. The predicted octanol–water partition coefficient (Wildman–Crippen LogP) is 3.13. The molecule has 3 atom stereocenters. The van der Waals surface area contributed by atoms with Gasteiger partial charge in [-0.05, 0) is 26.2 Å². The highest BCUT2D eigenvalue weighted by atomic mass is 16.4. The summed E-state index contributed by atoms with van der Waals surface area (Å²) in [5.41, 5.74) is 0. The molecular weight excluding hydrogens is 254 g/mol. The molecule has 1 aliphatic rings. The van der Waals surface area contributed by atoms with E-state index in [2.05, 4.69) is 12.2 Å². The molecule has 20 heavy (non-hydrogen) atoms. The summed E-state index contributed by atoms with van der Waals surface area (Å²) >= 11 is 0. The summed E-state index contributed by atoms with van der Waals surface area (Å²) in [7, 11) is 0. The molecule has 0 aromatic heterocycles. The highest BCUT2D eigenvalue weighted by Gasteiger charge is 2.34. The van der Waals surface area contributed by atoms with E-state index in [0.29, 0.717) is 12.8 Å². The van der Waals surface area contributed by atoms with Crippen LogP contribution in [0.15, 0.2) is 12.2 Å². The second kappa shape index (κ2) is 8.77. The lowest BCUT2D eigenvalue weighted by Gasteiger charge is -2.26. The molecule has 2 N–H and O–H groups in total. The second-order valence-electron chi connectivity index (χ2n) is 5.75. The van der Waals surface area contributed by atoms with Crippen molar-refractivity contribution in [2.24, 2.45) is 11.8 Å². The number of carboxylic acids is 1. The number of hydrogen-bond acceptors (Lipinski definition) is 2. The minimum Gasteiger partial charge on any atom is -0.481 e. The molecule has 1 rings (SSSR count). The van der Waals surface area contributed by atoms with Crippen LogP contribution < -0.4 is 5.32 Å². The van der Waals surface area contributed by atoms with Crippen molar-refractivity contribution in [3.63, 3.8) is 0 Å². The Hall–Kier alpha value is -1.32. The Morgan fingerprint density at radius 2 is 1.85 bits per heavy atom. The van der Waals surface area contributed by atoms with Crippen molar-refractivity contribution in [2.75, 3.05) is 0 Å². The van der Waals surface area contributed by atoms with Crippen molar-refractivity contribution in [2.45, 2.75) is 64.8 Å². The van der Waals surface area contributed by atoms with Crippen molar-refractivity contribution in [3.05, 3.63) is 12.2 Å². The minimum absolute atomic E-state index is 0.107. The van der Waals surface area contributed by atoms with Crippen molar-refractivity contribution in [1.82, 2.24) is 5.32 Å². The predicted molar refractivity (Wildman–Crippen MR) is 79.4 cm³/mol. The van der Waals surface area contributed by atoms with E-state index in [1.54, 1.807) is 0 Å². The van der Waals surface area contributed by atoms with E-state index in [4.69, 9.17) is 0 Å². The quantitative estimate of drug-likeness (QED) is 0.530. The monoisotopic (exact) mass is 281 g/mol. The fourth-order valence-electron chi connectivity index (χ4n) is 2.68. The molecule has 1 amide bonds. The van der Waals surface area contributed by atoms with Crippen LogP contribution in [-0.4, -0.2) is 23.0 Å². The van der Waals surface area contributed by atoms with Crippen LogP contribution in [0.1, 0.15) is 58.8 Å². The standard InChI is InChI=1S/C16H27NO3/c1-3-4-5-6-9-12(2)17-15(18)13-10-7-8-11-14(13)16(19)20/h7-8,12-14H,3-6,9-11H2,1-2H3,(H,17,18)(H,19,20)/t12?,13-,14+/m1/s1. The molecule has 0 bridgehead atoms. The first kappa shape index (κ1) is 16.7. The molecule has 1 aliphatic carbocycles. The first-order valence-electron chi connectivity index (χ1n) is 7.74. The Kier molecular flexibility index (Phi) is 7.34. The number of amides is 1. The number of nitrogens with one attached hydrogen (secondary N) is 1. The lowest BCUT2D eigenvalue weighted by molar-refractivity contribution is -0.147. The Balaban J connectivity index is 2.40. The van der Waals surface area contributed by atoms with Gasteiger partial charge < -0.3 is 10.4 Å². The number of hydrogen-bond donors (Lipinski definition) is 2. The van der Waals surface area contributed by atoms with Gasteiger partial charge in [-0.3, -0.25) is 9.59 Å². The van der Waals surface area contributed by atoms with Crippen molar-refractivity contribution < 1.29 is 14.7 Å². The van der Waals surface area contributed by atoms with E-state index in [0.717, 1.165) is 12.8 Å². The molecule has 0 spiro atoms. The summed E-state index contributed by atoms with van der Waals surface area (Å²) in [5, 5.41) is 12.2. The molecule has 4 nitrogen and oxygen atoms in total. The molecule has 0 fully saturated rings. The van der Waals surface area contributed by atoms with Crippen LogP contribution >= 0.6 is 0 Å². The summed E-state index contributed by atoms with van der Waals surface area (Å²) < 4.78 is 0. The zero-order chi connectivity index (χ0) is 15.0. The van der Waals surface area contributed by atoms with Crippen LogP contribution in [0.4, 0.5) is 0 Å². The van der Waals surface area contributed by atoms with Gasteiger partial charge in [-0.15, -0.1) is 0 Å².